The number of carbonyl (C=O) groups is 2. The van der Waals surface area contributed by atoms with E-state index in [4.69, 9.17) is 12.2 Å². The average molecular weight is 324 g/mol. The number of carbonyl (C=O) groups excluding carboxylic acids is 2. The maximum absolute atomic E-state index is 11.7. The van der Waals surface area contributed by atoms with Crippen LogP contribution in [0.25, 0.3) is 0 Å². The molecule has 1 rings (SSSR count). The molecule has 0 bridgehead atoms. The van der Waals surface area contributed by atoms with Gasteiger partial charge in [0.1, 0.15) is 0 Å². The molecule has 0 aromatic heterocycles. The van der Waals surface area contributed by atoms with E-state index in [9.17, 15) is 9.59 Å². The molecule has 5 N–H and O–H groups in total. The number of benzene rings is 1. The number of hydrazine groups is 1. The predicted molar refractivity (Wildman–Crippen MR) is 89.4 cm³/mol. The Morgan fingerprint density at radius 2 is 1.73 bits per heavy atom. The van der Waals surface area contributed by atoms with Crippen LogP contribution in [0.2, 0.25) is 0 Å². The summed E-state index contributed by atoms with van der Waals surface area (Å²) in [6, 6.07) is 7.14. The fourth-order valence-corrected chi connectivity index (χ4v) is 1.62. The van der Waals surface area contributed by atoms with Gasteiger partial charge in [0.2, 0.25) is 0 Å². The molecule has 0 heterocycles. The third kappa shape index (κ3) is 7.00. The number of anilines is 1. The van der Waals surface area contributed by atoms with Gasteiger partial charge in [0, 0.05) is 5.69 Å². The average Bonchev–Trinajstić information content (AvgIpc) is 2.46. The molecule has 120 valence electrons. The Hall–Kier alpha value is -2.19. The summed E-state index contributed by atoms with van der Waals surface area (Å²) < 4.78 is 0. The Balaban J connectivity index is 2.30. The highest BCUT2D eigenvalue weighted by Crippen LogP contribution is 2.07. The van der Waals surface area contributed by atoms with E-state index in [1.54, 1.807) is 12.1 Å². The van der Waals surface area contributed by atoms with Crippen LogP contribution in [0.15, 0.2) is 24.3 Å². The molecule has 8 heteroatoms. The van der Waals surface area contributed by atoms with Crippen LogP contribution in [0.5, 0.6) is 0 Å². The number of rotatable bonds is 4. The SMILES string of the molecule is Cc1ccc(NC(=O)C(=O)NNC(=S)NCC[NH+](C)C)cc1. The van der Waals surface area contributed by atoms with Crippen molar-refractivity contribution in [2.75, 3.05) is 32.5 Å². The van der Waals surface area contributed by atoms with Gasteiger partial charge >= 0.3 is 11.8 Å². The fraction of sp³-hybridized carbons (Fsp3) is 0.357. The van der Waals surface area contributed by atoms with E-state index in [-0.39, 0.29) is 5.11 Å². The second-order valence-electron chi connectivity index (χ2n) is 5.11. The smallest absolute Gasteiger partial charge is 0.328 e. The number of hydrogen-bond acceptors (Lipinski definition) is 3. The number of nitrogens with one attached hydrogen (secondary N) is 5. The molecule has 0 radical (unpaired) electrons. The first-order valence-electron chi connectivity index (χ1n) is 6.89. The van der Waals surface area contributed by atoms with Crippen LogP contribution in [0.4, 0.5) is 5.69 Å². The maximum atomic E-state index is 11.7. The molecular formula is C14H22N5O2S+. The van der Waals surface area contributed by atoms with Crippen molar-refractivity contribution in [2.24, 2.45) is 0 Å². The van der Waals surface area contributed by atoms with E-state index in [1.165, 1.54) is 4.90 Å². The van der Waals surface area contributed by atoms with Gasteiger partial charge in [-0.15, -0.1) is 0 Å². The minimum Gasteiger partial charge on any atom is -0.356 e. The highest BCUT2D eigenvalue weighted by atomic mass is 32.1. The summed E-state index contributed by atoms with van der Waals surface area (Å²) in [7, 11) is 4.05. The first-order valence-corrected chi connectivity index (χ1v) is 7.30. The standard InChI is InChI=1S/C14H21N5O2S/c1-10-4-6-11(7-5-10)16-12(20)13(21)17-18-14(22)15-8-9-19(2)3/h4-7H,8-9H2,1-3H3,(H,16,20)(H,17,21)(H2,15,18,22)/p+1. The Labute approximate surface area is 135 Å². The minimum atomic E-state index is -0.817. The first-order chi connectivity index (χ1) is 10.4. The van der Waals surface area contributed by atoms with Crippen molar-refractivity contribution in [1.29, 1.82) is 0 Å². The zero-order chi connectivity index (χ0) is 16.5. The number of hydrogen-bond donors (Lipinski definition) is 5. The normalized spacial score (nSPS) is 10.0. The summed E-state index contributed by atoms with van der Waals surface area (Å²) in [6.07, 6.45) is 0. The summed E-state index contributed by atoms with van der Waals surface area (Å²) in [6.45, 7) is 3.48. The van der Waals surface area contributed by atoms with Crippen LogP contribution in [0.3, 0.4) is 0 Å². The van der Waals surface area contributed by atoms with Gasteiger partial charge in [-0.25, -0.2) is 0 Å². The maximum Gasteiger partial charge on any atom is 0.328 e. The van der Waals surface area contributed by atoms with E-state index in [0.29, 0.717) is 12.2 Å². The fourth-order valence-electron chi connectivity index (χ4n) is 1.47. The summed E-state index contributed by atoms with van der Waals surface area (Å²) >= 11 is 4.98. The van der Waals surface area contributed by atoms with Crippen molar-refractivity contribution in [3.05, 3.63) is 29.8 Å². The molecule has 1 aromatic rings. The Morgan fingerprint density at radius 1 is 1.09 bits per heavy atom. The molecule has 0 unspecified atom stereocenters. The lowest BCUT2D eigenvalue weighted by molar-refractivity contribution is -0.856. The highest BCUT2D eigenvalue weighted by molar-refractivity contribution is 7.80. The van der Waals surface area contributed by atoms with Crippen LogP contribution in [-0.4, -0.2) is 44.1 Å². The van der Waals surface area contributed by atoms with Crippen LogP contribution < -0.4 is 26.4 Å². The van der Waals surface area contributed by atoms with Gasteiger partial charge in [-0.1, -0.05) is 17.7 Å². The number of thiocarbonyl (C=S) groups is 1. The molecule has 0 saturated carbocycles. The predicted octanol–water partition coefficient (Wildman–Crippen LogP) is -1.43. The summed E-state index contributed by atoms with van der Waals surface area (Å²) in [4.78, 5) is 24.6. The molecular weight excluding hydrogens is 302 g/mol. The van der Waals surface area contributed by atoms with Gasteiger partial charge in [0.05, 0.1) is 27.2 Å². The lowest BCUT2D eigenvalue weighted by Gasteiger charge is -2.12. The van der Waals surface area contributed by atoms with Gasteiger partial charge in [-0.05, 0) is 31.3 Å². The van der Waals surface area contributed by atoms with Crippen LogP contribution in [-0.2, 0) is 9.59 Å². The molecule has 22 heavy (non-hydrogen) atoms. The van der Waals surface area contributed by atoms with E-state index >= 15 is 0 Å². The largest absolute Gasteiger partial charge is 0.356 e. The van der Waals surface area contributed by atoms with Crippen molar-refractivity contribution in [2.45, 2.75) is 6.92 Å². The third-order valence-corrected chi connectivity index (χ3v) is 2.96. The number of amides is 2. The molecule has 0 atom stereocenters. The lowest BCUT2D eigenvalue weighted by atomic mass is 10.2. The summed E-state index contributed by atoms with van der Waals surface area (Å²) in [5.74, 6) is -1.58. The van der Waals surface area contributed by atoms with Crippen molar-refractivity contribution in [3.8, 4) is 0 Å². The summed E-state index contributed by atoms with van der Waals surface area (Å²) in [5.41, 5.74) is 6.35. The number of likely N-dealkylation sites (N-methyl/N-ethyl adjacent to an activating group) is 1. The number of quaternary nitrogens is 1. The number of aryl methyl sites for hydroxylation is 1. The molecule has 7 nitrogen and oxygen atoms in total. The van der Waals surface area contributed by atoms with Crippen LogP contribution in [0, 0.1) is 6.92 Å². The second-order valence-corrected chi connectivity index (χ2v) is 5.52. The molecule has 0 spiro atoms. The van der Waals surface area contributed by atoms with Crippen LogP contribution in [0.1, 0.15) is 5.56 Å². The Kier molecular flexibility index (Phi) is 7.27. The molecule has 2 amide bonds. The molecule has 0 aliphatic heterocycles. The summed E-state index contributed by atoms with van der Waals surface area (Å²) in [5, 5.41) is 5.67. The first kappa shape index (κ1) is 17.9. The second kappa shape index (κ2) is 8.96. The molecule has 0 fully saturated rings. The van der Waals surface area contributed by atoms with E-state index in [0.717, 1.165) is 12.1 Å². The molecule has 0 aliphatic carbocycles. The lowest BCUT2D eigenvalue weighted by Crippen LogP contribution is -3.06. The van der Waals surface area contributed by atoms with Gasteiger partial charge in [-0.2, -0.15) is 0 Å². The monoisotopic (exact) mass is 324 g/mol. The molecule has 1 aromatic carbocycles. The minimum absolute atomic E-state index is 0.262. The van der Waals surface area contributed by atoms with E-state index in [2.05, 4.69) is 21.5 Å². The van der Waals surface area contributed by atoms with Gasteiger partial charge in [0.25, 0.3) is 0 Å². The van der Waals surface area contributed by atoms with Gasteiger partial charge in [-0.3, -0.25) is 20.4 Å². The van der Waals surface area contributed by atoms with Gasteiger partial charge in [0.15, 0.2) is 5.11 Å². The zero-order valence-electron chi connectivity index (χ0n) is 12.9. The third-order valence-electron chi connectivity index (χ3n) is 2.72. The van der Waals surface area contributed by atoms with Crippen molar-refractivity contribution >= 4 is 34.8 Å². The Morgan fingerprint density at radius 3 is 2.32 bits per heavy atom. The van der Waals surface area contributed by atoms with E-state index in [1.807, 2.05) is 33.2 Å². The zero-order valence-corrected chi connectivity index (χ0v) is 13.8. The van der Waals surface area contributed by atoms with Crippen molar-refractivity contribution in [3.63, 3.8) is 0 Å². The van der Waals surface area contributed by atoms with Gasteiger partial charge < -0.3 is 15.5 Å². The highest BCUT2D eigenvalue weighted by Gasteiger charge is 2.13. The van der Waals surface area contributed by atoms with Crippen molar-refractivity contribution < 1.29 is 14.5 Å². The quantitative estimate of drug-likeness (QED) is 0.266. The van der Waals surface area contributed by atoms with Crippen molar-refractivity contribution in [1.82, 2.24) is 16.2 Å². The Bertz CT molecular complexity index is 531. The van der Waals surface area contributed by atoms with E-state index < -0.39 is 11.8 Å². The topological polar surface area (TPSA) is 86.7 Å². The molecule has 0 saturated heterocycles. The molecule has 0 aliphatic rings. The van der Waals surface area contributed by atoms with Crippen LogP contribution >= 0.6 is 12.2 Å².